The van der Waals surface area contributed by atoms with Crippen molar-refractivity contribution in [2.45, 2.75) is 58.0 Å². The van der Waals surface area contributed by atoms with Gasteiger partial charge in [-0.05, 0) is 19.3 Å². The Hall–Kier alpha value is -0.750. The van der Waals surface area contributed by atoms with Crippen LogP contribution in [0, 0.1) is 5.92 Å². The van der Waals surface area contributed by atoms with Gasteiger partial charge in [0.1, 0.15) is 5.25 Å². The lowest BCUT2D eigenvalue weighted by atomic mass is 10.1. The number of amides is 1. The third kappa shape index (κ3) is 6.26. The number of nitrogens with one attached hydrogen (secondary N) is 1. The van der Waals surface area contributed by atoms with E-state index in [1.54, 1.807) is 18.3 Å². The van der Waals surface area contributed by atoms with E-state index < -0.39 is 16.0 Å². The maximum atomic E-state index is 12.2. The highest BCUT2D eigenvalue weighted by molar-refractivity contribution is 7.85. The number of carbonyl (C=O) groups is 1. The molecule has 0 aliphatic heterocycles. The molecule has 0 radical (unpaired) electrons. The molecule has 6 heteroatoms. The minimum Gasteiger partial charge on any atom is -0.355 e. The van der Waals surface area contributed by atoms with Crippen LogP contribution in [0.5, 0.6) is 0 Å². The van der Waals surface area contributed by atoms with E-state index in [1.807, 2.05) is 5.38 Å². The molecule has 0 aliphatic rings. The summed E-state index contributed by atoms with van der Waals surface area (Å²) in [5.41, 5.74) is 0.823. The summed E-state index contributed by atoms with van der Waals surface area (Å²) in [5.74, 6) is 1.15. The third-order valence-corrected chi connectivity index (χ3v) is 5.92. The van der Waals surface area contributed by atoms with Crippen LogP contribution in [0.1, 0.15) is 57.7 Å². The third-order valence-electron chi connectivity index (χ3n) is 3.14. The normalized spacial score (nSPS) is 14.4. The zero-order valence-electron chi connectivity index (χ0n) is 13.5. The topological polar surface area (TPSA) is 59.1 Å². The van der Waals surface area contributed by atoms with Gasteiger partial charge in [-0.15, -0.1) is 11.3 Å². The van der Waals surface area contributed by atoms with Crippen LogP contribution in [-0.4, -0.2) is 26.9 Å². The van der Waals surface area contributed by atoms with E-state index in [9.17, 15) is 9.00 Å². The Morgan fingerprint density at radius 2 is 2.00 bits per heavy atom. The van der Waals surface area contributed by atoms with Gasteiger partial charge in [-0.25, -0.2) is 4.98 Å². The van der Waals surface area contributed by atoms with Crippen molar-refractivity contribution >= 4 is 28.0 Å². The number of hydrogen-bond acceptors (Lipinski definition) is 4. The van der Waals surface area contributed by atoms with Crippen molar-refractivity contribution in [3.8, 4) is 0 Å². The molecule has 1 N–H and O–H groups in total. The first-order valence-corrected chi connectivity index (χ1v) is 9.66. The van der Waals surface area contributed by atoms with E-state index in [1.165, 1.54) is 0 Å². The average molecular weight is 331 g/mol. The van der Waals surface area contributed by atoms with Gasteiger partial charge < -0.3 is 5.32 Å². The highest BCUT2D eigenvalue weighted by Gasteiger charge is 2.21. The molecule has 0 spiro atoms. The van der Waals surface area contributed by atoms with Gasteiger partial charge in [0.2, 0.25) is 5.91 Å². The van der Waals surface area contributed by atoms with Crippen LogP contribution in [-0.2, 0) is 21.3 Å². The Morgan fingerprint density at radius 1 is 1.33 bits per heavy atom. The van der Waals surface area contributed by atoms with E-state index in [-0.39, 0.29) is 5.91 Å². The number of thiazole rings is 1. The number of aromatic nitrogens is 1. The zero-order chi connectivity index (χ0) is 16.0. The molecule has 1 aromatic heterocycles. The molecule has 0 fully saturated rings. The average Bonchev–Trinajstić information content (AvgIpc) is 2.85. The van der Waals surface area contributed by atoms with Gasteiger partial charge in [-0.3, -0.25) is 9.00 Å². The molecule has 1 rings (SSSR count). The molecule has 0 aromatic carbocycles. The second-order valence-corrected chi connectivity index (χ2v) is 8.62. The summed E-state index contributed by atoms with van der Waals surface area (Å²) in [6, 6.07) is 0. The van der Waals surface area contributed by atoms with Gasteiger partial charge in [-0.2, -0.15) is 0 Å². The van der Waals surface area contributed by atoms with E-state index in [0.29, 0.717) is 24.1 Å². The molecule has 1 amide bonds. The molecule has 0 unspecified atom stereocenters. The molecule has 0 saturated carbocycles. The molecule has 1 aromatic rings. The standard InChI is InChI=1S/C15H26N2O2S2/c1-10(2)6-7-16-14(18)12(5)21(19)9-13-8-20-15(17-13)11(3)4/h8,10-12H,6-7,9H2,1-5H3,(H,16,18)/t12-,21+/m0/s1. The van der Waals surface area contributed by atoms with E-state index >= 15 is 0 Å². The highest BCUT2D eigenvalue weighted by atomic mass is 32.2. The van der Waals surface area contributed by atoms with Crippen molar-refractivity contribution in [3.05, 3.63) is 16.1 Å². The van der Waals surface area contributed by atoms with E-state index in [4.69, 9.17) is 0 Å². The zero-order valence-corrected chi connectivity index (χ0v) is 15.1. The summed E-state index contributed by atoms with van der Waals surface area (Å²) in [5, 5.41) is 5.35. The summed E-state index contributed by atoms with van der Waals surface area (Å²) in [6.07, 6.45) is 0.939. The quantitative estimate of drug-likeness (QED) is 0.797. The first-order chi connectivity index (χ1) is 9.81. The summed E-state index contributed by atoms with van der Waals surface area (Å²) >= 11 is 1.59. The van der Waals surface area contributed by atoms with E-state index in [0.717, 1.165) is 17.1 Å². The van der Waals surface area contributed by atoms with Gasteiger partial charge in [-0.1, -0.05) is 27.7 Å². The molecular weight excluding hydrogens is 304 g/mol. The van der Waals surface area contributed by atoms with Crippen LogP contribution in [0.3, 0.4) is 0 Å². The fourth-order valence-electron chi connectivity index (χ4n) is 1.67. The SMILES string of the molecule is CC(C)CCNC(=O)[C@H](C)[S@](=O)Cc1csc(C(C)C)n1. The maximum absolute atomic E-state index is 12.2. The van der Waals surface area contributed by atoms with E-state index in [2.05, 4.69) is 38.0 Å². The predicted octanol–water partition coefficient (Wildman–Crippen LogP) is 3.07. The lowest BCUT2D eigenvalue weighted by Crippen LogP contribution is -2.36. The largest absolute Gasteiger partial charge is 0.355 e. The van der Waals surface area contributed by atoms with Crippen molar-refractivity contribution in [3.63, 3.8) is 0 Å². The molecule has 0 saturated heterocycles. The van der Waals surface area contributed by atoms with Crippen molar-refractivity contribution < 1.29 is 9.00 Å². The Kier molecular flexibility index (Phi) is 7.52. The molecule has 0 aliphatic carbocycles. The summed E-state index contributed by atoms with van der Waals surface area (Å²) in [4.78, 5) is 16.4. The van der Waals surface area contributed by atoms with Crippen molar-refractivity contribution in [1.82, 2.24) is 10.3 Å². The van der Waals surface area contributed by atoms with Gasteiger partial charge in [0.15, 0.2) is 0 Å². The fraction of sp³-hybridized carbons (Fsp3) is 0.733. The van der Waals surface area contributed by atoms with Crippen LogP contribution >= 0.6 is 11.3 Å². The van der Waals surface area contributed by atoms with Gasteiger partial charge in [0, 0.05) is 28.6 Å². The van der Waals surface area contributed by atoms with Crippen molar-refractivity contribution in [1.29, 1.82) is 0 Å². The number of nitrogens with zero attached hydrogens (tertiary/aromatic N) is 1. The molecule has 0 bridgehead atoms. The van der Waals surface area contributed by atoms with Crippen molar-refractivity contribution in [2.75, 3.05) is 6.54 Å². The number of hydrogen-bond donors (Lipinski definition) is 1. The van der Waals surface area contributed by atoms with Crippen LogP contribution < -0.4 is 5.32 Å². The second-order valence-electron chi connectivity index (χ2n) is 5.97. The minimum absolute atomic E-state index is 0.131. The lowest BCUT2D eigenvalue weighted by molar-refractivity contribution is -0.120. The summed E-state index contributed by atoms with van der Waals surface area (Å²) in [7, 11) is -1.23. The molecular formula is C15H26N2O2S2. The first-order valence-electron chi connectivity index (χ1n) is 7.40. The molecule has 120 valence electrons. The summed E-state index contributed by atoms with van der Waals surface area (Å²) in [6.45, 7) is 10.8. The number of rotatable bonds is 8. The predicted molar refractivity (Wildman–Crippen MR) is 90.0 cm³/mol. The molecule has 21 heavy (non-hydrogen) atoms. The Morgan fingerprint density at radius 3 is 2.52 bits per heavy atom. The summed E-state index contributed by atoms with van der Waals surface area (Å²) < 4.78 is 12.2. The lowest BCUT2D eigenvalue weighted by Gasteiger charge is -2.12. The second kappa shape index (κ2) is 8.63. The molecule has 2 atom stereocenters. The van der Waals surface area contributed by atoms with Gasteiger partial charge in [0.05, 0.1) is 16.5 Å². The molecule has 4 nitrogen and oxygen atoms in total. The fourth-order valence-corrected chi connectivity index (χ4v) is 3.62. The smallest absolute Gasteiger partial charge is 0.235 e. The van der Waals surface area contributed by atoms with Crippen molar-refractivity contribution in [2.24, 2.45) is 5.92 Å². The monoisotopic (exact) mass is 330 g/mol. The van der Waals surface area contributed by atoms with Crippen LogP contribution in [0.15, 0.2) is 5.38 Å². The highest BCUT2D eigenvalue weighted by Crippen LogP contribution is 2.20. The first kappa shape index (κ1) is 18.3. The van der Waals surface area contributed by atoms with Crippen LogP contribution in [0.4, 0.5) is 0 Å². The Balaban J connectivity index is 2.47. The maximum Gasteiger partial charge on any atom is 0.235 e. The Labute approximate surface area is 134 Å². The van der Waals surface area contributed by atoms with Crippen LogP contribution in [0.2, 0.25) is 0 Å². The van der Waals surface area contributed by atoms with Crippen LogP contribution in [0.25, 0.3) is 0 Å². The minimum atomic E-state index is -1.23. The number of carbonyl (C=O) groups excluding carboxylic acids is 1. The Bertz CT molecular complexity index is 484. The van der Waals surface area contributed by atoms with Gasteiger partial charge >= 0.3 is 0 Å². The van der Waals surface area contributed by atoms with Gasteiger partial charge in [0.25, 0.3) is 0 Å². The molecule has 1 heterocycles.